The summed E-state index contributed by atoms with van der Waals surface area (Å²) in [5, 5.41) is 4.49. The highest BCUT2D eigenvalue weighted by molar-refractivity contribution is 6.02. The molecule has 0 aliphatic carbocycles. The van der Waals surface area contributed by atoms with E-state index in [1.54, 1.807) is 12.1 Å². The highest BCUT2D eigenvalue weighted by Gasteiger charge is 2.34. The number of amides is 2. The molecule has 3 rings (SSSR count). The second kappa shape index (κ2) is 8.99. The molecule has 1 aliphatic rings. The topological polar surface area (TPSA) is 85.9 Å². The molecular formula is C21H19F3N2O5. The Morgan fingerprint density at radius 3 is 2.52 bits per heavy atom. The molecule has 2 aromatic rings. The molecule has 0 fully saturated rings. The molecule has 0 aromatic heterocycles. The molecule has 0 saturated carbocycles. The number of alkyl halides is 3. The summed E-state index contributed by atoms with van der Waals surface area (Å²) in [6, 6.07) is 6.34. The third-order valence-electron chi connectivity index (χ3n) is 4.18. The molecule has 0 atom stereocenters. The molecule has 1 heterocycles. The van der Waals surface area contributed by atoms with Crippen LogP contribution in [0.5, 0.6) is 17.2 Å². The van der Waals surface area contributed by atoms with E-state index < -0.39 is 29.2 Å². The van der Waals surface area contributed by atoms with Crippen molar-refractivity contribution in [1.82, 2.24) is 0 Å². The van der Waals surface area contributed by atoms with Gasteiger partial charge in [0.05, 0.1) is 18.4 Å². The molecule has 2 N–H and O–H groups in total. The maximum Gasteiger partial charge on any atom is 0.418 e. The first-order chi connectivity index (χ1) is 14.7. The molecule has 31 heavy (non-hydrogen) atoms. The fourth-order valence-electron chi connectivity index (χ4n) is 2.90. The standard InChI is InChI=1S/C21H19F3N2O5/c1-12(27)25-14-4-5-16(15(11-14)21(22,23)24)26-19(28)6-3-13-9-17(29-2)20-18(10-13)30-7-8-31-20/h3-6,9-11H,7-8H2,1-2H3,(H,25,27)(H,26,28)/b6-3+. The van der Waals surface area contributed by atoms with Gasteiger partial charge < -0.3 is 24.8 Å². The lowest BCUT2D eigenvalue weighted by Crippen LogP contribution is -2.16. The number of ether oxygens (including phenoxy) is 3. The van der Waals surface area contributed by atoms with Crippen LogP contribution in [0.3, 0.4) is 0 Å². The Hall–Kier alpha value is -3.69. The summed E-state index contributed by atoms with van der Waals surface area (Å²) in [6.45, 7) is 1.92. The SMILES string of the molecule is COc1cc(/C=C/C(=O)Nc2ccc(NC(C)=O)cc2C(F)(F)F)cc2c1OCCO2. The smallest absolute Gasteiger partial charge is 0.418 e. The molecular weight excluding hydrogens is 417 g/mol. The van der Waals surface area contributed by atoms with Gasteiger partial charge in [0.1, 0.15) is 13.2 Å². The molecule has 0 spiro atoms. The number of halogens is 3. The van der Waals surface area contributed by atoms with Crippen LogP contribution < -0.4 is 24.8 Å². The van der Waals surface area contributed by atoms with Crippen LogP contribution in [0.15, 0.2) is 36.4 Å². The van der Waals surface area contributed by atoms with Crippen molar-refractivity contribution in [2.75, 3.05) is 31.0 Å². The van der Waals surface area contributed by atoms with Gasteiger partial charge in [-0.2, -0.15) is 13.2 Å². The van der Waals surface area contributed by atoms with Crippen LogP contribution in [0, 0.1) is 0 Å². The second-order valence-corrected chi connectivity index (χ2v) is 6.51. The zero-order chi connectivity index (χ0) is 22.6. The number of carbonyl (C=O) groups is 2. The minimum absolute atomic E-state index is 0.0308. The van der Waals surface area contributed by atoms with E-state index in [1.165, 1.54) is 26.2 Å². The van der Waals surface area contributed by atoms with Gasteiger partial charge in [0.25, 0.3) is 0 Å². The van der Waals surface area contributed by atoms with Gasteiger partial charge in [-0.25, -0.2) is 0 Å². The van der Waals surface area contributed by atoms with E-state index in [0.717, 1.165) is 18.2 Å². The van der Waals surface area contributed by atoms with Gasteiger partial charge in [0.2, 0.25) is 17.6 Å². The average Bonchev–Trinajstić information content (AvgIpc) is 2.71. The van der Waals surface area contributed by atoms with Gasteiger partial charge in [0.15, 0.2) is 11.5 Å². The Labute approximate surface area is 175 Å². The first-order valence-corrected chi connectivity index (χ1v) is 9.13. The Morgan fingerprint density at radius 1 is 1.10 bits per heavy atom. The summed E-state index contributed by atoms with van der Waals surface area (Å²) in [6.07, 6.45) is -2.23. The number of anilines is 2. The zero-order valence-electron chi connectivity index (χ0n) is 16.6. The summed E-state index contributed by atoms with van der Waals surface area (Å²) in [4.78, 5) is 23.3. The van der Waals surface area contributed by atoms with E-state index in [9.17, 15) is 22.8 Å². The van der Waals surface area contributed by atoms with Crippen molar-refractivity contribution in [2.45, 2.75) is 13.1 Å². The van der Waals surface area contributed by atoms with Gasteiger partial charge in [-0.05, 0) is 42.0 Å². The van der Waals surface area contributed by atoms with Crippen LogP contribution in [0.25, 0.3) is 6.08 Å². The third kappa shape index (κ3) is 5.47. The van der Waals surface area contributed by atoms with E-state index in [4.69, 9.17) is 14.2 Å². The van der Waals surface area contributed by atoms with Crippen molar-refractivity contribution in [3.8, 4) is 17.2 Å². The summed E-state index contributed by atoms with van der Waals surface area (Å²) in [5.74, 6) is 0.0162. The molecule has 0 radical (unpaired) electrons. The number of carbonyl (C=O) groups excluding carboxylic acids is 2. The van der Waals surface area contributed by atoms with Crippen LogP contribution in [0.1, 0.15) is 18.1 Å². The molecule has 164 valence electrons. The van der Waals surface area contributed by atoms with Gasteiger partial charge in [-0.15, -0.1) is 0 Å². The molecule has 2 amide bonds. The zero-order valence-corrected chi connectivity index (χ0v) is 16.6. The predicted octanol–water partition coefficient (Wildman–Crippen LogP) is 4.10. The molecule has 10 heteroatoms. The third-order valence-corrected chi connectivity index (χ3v) is 4.18. The van der Waals surface area contributed by atoms with Crippen LogP contribution in [-0.4, -0.2) is 32.1 Å². The Bertz CT molecular complexity index is 1020. The molecule has 0 unspecified atom stereocenters. The van der Waals surface area contributed by atoms with Gasteiger partial charge in [0, 0.05) is 18.7 Å². The minimum atomic E-state index is -4.73. The van der Waals surface area contributed by atoms with E-state index in [2.05, 4.69) is 10.6 Å². The van der Waals surface area contributed by atoms with Crippen molar-refractivity contribution in [3.05, 3.63) is 47.5 Å². The van der Waals surface area contributed by atoms with E-state index in [1.807, 2.05) is 0 Å². The fourth-order valence-corrected chi connectivity index (χ4v) is 2.90. The quantitative estimate of drug-likeness (QED) is 0.690. The van der Waals surface area contributed by atoms with E-state index in [-0.39, 0.29) is 5.69 Å². The van der Waals surface area contributed by atoms with Crippen molar-refractivity contribution in [3.63, 3.8) is 0 Å². The summed E-state index contributed by atoms with van der Waals surface area (Å²) in [5.41, 5.74) is -1.01. The lowest BCUT2D eigenvalue weighted by atomic mass is 10.1. The Kier molecular flexibility index (Phi) is 6.38. The first kappa shape index (κ1) is 22.0. The average molecular weight is 436 g/mol. The number of fused-ring (bicyclic) bond motifs is 1. The van der Waals surface area contributed by atoms with Crippen molar-refractivity contribution < 1.29 is 37.0 Å². The molecule has 0 bridgehead atoms. The number of benzene rings is 2. The first-order valence-electron chi connectivity index (χ1n) is 9.13. The second-order valence-electron chi connectivity index (χ2n) is 6.51. The van der Waals surface area contributed by atoms with Crippen molar-refractivity contribution in [1.29, 1.82) is 0 Å². The van der Waals surface area contributed by atoms with Gasteiger partial charge in [-0.1, -0.05) is 0 Å². The van der Waals surface area contributed by atoms with E-state index >= 15 is 0 Å². The number of hydrogen-bond acceptors (Lipinski definition) is 5. The van der Waals surface area contributed by atoms with Crippen LogP contribution >= 0.6 is 0 Å². The van der Waals surface area contributed by atoms with Gasteiger partial charge >= 0.3 is 6.18 Å². The lowest BCUT2D eigenvalue weighted by molar-refractivity contribution is -0.137. The van der Waals surface area contributed by atoms with Gasteiger partial charge in [-0.3, -0.25) is 9.59 Å². The van der Waals surface area contributed by atoms with Crippen LogP contribution in [-0.2, 0) is 15.8 Å². The summed E-state index contributed by atoms with van der Waals surface area (Å²) in [7, 11) is 1.46. The highest BCUT2D eigenvalue weighted by atomic mass is 19.4. The lowest BCUT2D eigenvalue weighted by Gasteiger charge is -2.20. The molecule has 2 aromatic carbocycles. The van der Waals surface area contributed by atoms with E-state index in [0.29, 0.717) is 36.0 Å². The summed E-state index contributed by atoms with van der Waals surface area (Å²) < 4.78 is 56.4. The van der Waals surface area contributed by atoms with Crippen LogP contribution in [0.4, 0.5) is 24.5 Å². The minimum Gasteiger partial charge on any atom is -0.493 e. The largest absolute Gasteiger partial charge is 0.493 e. The number of methoxy groups -OCH3 is 1. The van der Waals surface area contributed by atoms with Crippen molar-refractivity contribution >= 4 is 29.3 Å². The normalized spacial score (nSPS) is 13.1. The molecule has 7 nitrogen and oxygen atoms in total. The predicted molar refractivity (Wildman–Crippen MR) is 107 cm³/mol. The maximum absolute atomic E-state index is 13.4. The number of hydrogen-bond donors (Lipinski definition) is 2. The number of rotatable bonds is 5. The molecule has 0 saturated heterocycles. The summed E-state index contributed by atoms with van der Waals surface area (Å²) >= 11 is 0. The van der Waals surface area contributed by atoms with Crippen LogP contribution in [0.2, 0.25) is 0 Å². The number of nitrogens with one attached hydrogen (secondary N) is 2. The van der Waals surface area contributed by atoms with Crippen molar-refractivity contribution in [2.24, 2.45) is 0 Å². The molecule has 1 aliphatic heterocycles. The Balaban J connectivity index is 1.80. The fraction of sp³-hybridized carbons (Fsp3) is 0.238. The monoisotopic (exact) mass is 436 g/mol. The maximum atomic E-state index is 13.4. The highest BCUT2D eigenvalue weighted by Crippen LogP contribution is 2.41. The Morgan fingerprint density at radius 2 is 1.84 bits per heavy atom.